The van der Waals surface area contributed by atoms with Gasteiger partial charge in [-0.3, -0.25) is 14.2 Å². The van der Waals surface area contributed by atoms with Gasteiger partial charge in [-0.05, 0) is 43.5 Å². The number of hydrogen-bond acceptors (Lipinski definition) is 7. The SMILES string of the molecule is CCC(c1nc2onc(C)c2c(=O)n1Cc1ccccc1)N(CCC(N)=O)S(=O)(=O)c1cccc(C)c1. The molecule has 1 unspecified atom stereocenters. The summed E-state index contributed by atoms with van der Waals surface area (Å²) < 4.78 is 35.8. The minimum absolute atomic E-state index is 0.0306. The van der Waals surface area contributed by atoms with Gasteiger partial charge in [-0.1, -0.05) is 54.5 Å². The van der Waals surface area contributed by atoms with E-state index in [9.17, 15) is 18.0 Å². The Morgan fingerprint density at radius 2 is 1.86 bits per heavy atom. The van der Waals surface area contributed by atoms with Crippen molar-refractivity contribution in [1.29, 1.82) is 0 Å². The van der Waals surface area contributed by atoms with E-state index >= 15 is 0 Å². The molecular formula is C26H29N5O5S. The summed E-state index contributed by atoms with van der Waals surface area (Å²) in [6.07, 6.45) is 0.0672. The number of primary amides is 1. The lowest BCUT2D eigenvalue weighted by atomic mass is 10.1. The molecule has 4 aromatic rings. The van der Waals surface area contributed by atoms with E-state index in [0.717, 1.165) is 11.1 Å². The smallest absolute Gasteiger partial charge is 0.267 e. The second-order valence-electron chi connectivity index (χ2n) is 8.87. The number of hydrogen-bond donors (Lipinski definition) is 1. The normalized spacial score (nSPS) is 12.8. The van der Waals surface area contributed by atoms with Crippen molar-refractivity contribution in [2.24, 2.45) is 5.73 Å². The molecule has 0 saturated heterocycles. The molecule has 37 heavy (non-hydrogen) atoms. The summed E-state index contributed by atoms with van der Waals surface area (Å²) in [5, 5.41) is 4.13. The summed E-state index contributed by atoms with van der Waals surface area (Å²) in [5.74, 6) is -0.448. The molecule has 1 amide bonds. The molecule has 0 bridgehead atoms. The Balaban J connectivity index is 1.94. The number of fused-ring (bicyclic) bond motifs is 1. The first-order valence-electron chi connectivity index (χ1n) is 11.9. The summed E-state index contributed by atoms with van der Waals surface area (Å²) in [5.41, 5.74) is 7.05. The first kappa shape index (κ1) is 26.2. The average molecular weight is 524 g/mol. The fourth-order valence-corrected chi connectivity index (χ4v) is 6.11. The monoisotopic (exact) mass is 523 g/mol. The quantitative estimate of drug-likeness (QED) is 0.337. The maximum Gasteiger partial charge on any atom is 0.267 e. The molecule has 2 heterocycles. The molecule has 2 aromatic carbocycles. The van der Waals surface area contributed by atoms with Crippen LogP contribution in [0.2, 0.25) is 0 Å². The van der Waals surface area contributed by atoms with Gasteiger partial charge < -0.3 is 10.3 Å². The van der Waals surface area contributed by atoms with E-state index in [4.69, 9.17) is 10.3 Å². The largest absolute Gasteiger partial charge is 0.370 e. The molecule has 10 nitrogen and oxygen atoms in total. The van der Waals surface area contributed by atoms with Gasteiger partial charge in [0.2, 0.25) is 15.9 Å². The zero-order valence-corrected chi connectivity index (χ0v) is 21.7. The van der Waals surface area contributed by atoms with Crippen LogP contribution in [0.1, 0.15) is 48.5 Å². The highest BCUT2D eigenvalue weighted by Crippen LogP contribution is 2.31. The molecule has 0 aliphatic carbocycles. The number of nitrogens with zero attached hydrogens (tertiary/aromatic N) is 4. The minimum Gasteiger partial charge on any atom is -0.370 e. The second-order valence-corrected chi connectivity index (χ2v) is 10.8. The number of benzene rings is 2. The van der Waals surface area contributed by atoms with Crippen LogP contribution in [0.3, 0.4) is 0 Å². The highest BCUT2D eigenvalue weighted by molar-refractivity contribution is 7.89. The highest BCUT2D eigenvalue weighted by atomic mass is 32.2. The third-order valence-corrected chi connectivity index (χ3v) is 8.09. The van der Waals surface area contributed by atoms with Crippen molar-refractivity contribution < 1.29 is 17.7 Å². The molecule has 0 aliphatic rings. The molecule has 0 fully saturated rings. The van der Waals surface area contributed by atoms with Gasteiger partial charge >= 0.3 is 0 Å². The Kier molecular flexibility index (Phi) is 7.55. The summed E-state index contributed by atoms with van der Waals surface area (Å²) in [7, 11) is -4.11. The standard InChI is InChI=1S/C26H29N5O5S/c1-4-21(31(14-13-22(27)32)37(34,35)20-12-8-9-17(2)15-20)24-28-25-23(18(3)29-36-25)26(33)30(24)16-19-10-6-5-7-11-19/h5-12,15,21H,4,13-14,16H2,1-3H3,(H2,27,32). The molecule has 0 aliphatic heterocycles. The fourth-order valence-electron chi connectivity index (χ4n) is 4.35. The zero-order chi connectivity index (χ0) is 26.7. The minimum atomic E-state index is -4.11. The van der Waals surface area contributed by atoms with Crippen LogP contribution in [-0.2, 0) is 21.4 Å². The molecule has 0 spiro atoms. The average Bonchev–Trinajstić information content (AvgIpc) is 3.24. The first-order chi connectivity index (χ1) is 17.6. The van der Waals surface area contributed by atoms with Crippen LogP contribution in [0.5, 0.6) is 0 Å². The number of nitrogens with two attached hydrogens (primary N) is 1. The van der Waals surface area contributed by atoms with Crippen molar-refractivity contribution in [3.8, 4) is 0 Å². The van der Waals surface area contributed by atoms with Crippen LogP contribution in [0.25, 0.3) is 11.1 Å². The van der Waals surface area contributed by atoms with E-state index in [1.165, 1.54) is 14.9 Å². The molecule has 1 atom stereocenters. The second kappa shape index (κ2) is 10.7. The lowest BCUT2D eigenvalue weighted by molar-refractivity contribution is -0.118. The molecule has 0 saturated carbocycles. The maximum atomic E-state index is 13.9. The Labute approximate surface area is 214 Å². The third kappa shape index (κ3) is 5.32. The zero-order valence-electron chi connectivity index (χ0n) is 20.9. The van der Waals surface area contributed by atoms with Crippen molar-refractivity contribution in [3.63, 3.8) is 0 Å². The lowest BCUT2D eigenvalue weighted by Gasteiger charge is -2.31. The fraction of sp³-hybridized carbons (Fsp3) is 0.308. The Morgan fingerprint density at radius 3 is 2.51 bits per heavy atom. The van der Waals surface area contributed by atoms with Gasteiger partial charge in [-0.15, -0.1) is 0 Å². The number of amides is 1. The summed E-state index contributed by atoms with van der Waals surface area (Å²) in [6.45, 7) is 5.22. The van der Waals surface area contributed by atoms with Gasteiger partial charge in [0.1, 0.15) is 11.2 Å². The van der Waals surface area contributed by atoms with Crippen molar-refractivity contribution in [2.75, 3.05) is 6.54 Å². The molecule has 194 valence electrons. The van der Waals surface area contributed by atoms with Crippen LogP contribution >= 0.6 is 0 Å². The molecular weight excluding hydrogens is 494 g/mol. The van der Waals surface area contributed by atoms with E-state index in [1.54, 1.807) is 39.0 Å². The molecule has 4 rings (SSSR count). The van der Waals surface area contributed by atoms with Crippen LogP contribution in [0, 0.1) is 13.8 Å². The van der Waals surface area contributed by atoms with Crippen LogP contribution in [0.4, 0.5) is 0 Å². The number of sulfonamides is 1. The van der Waals surface area contributed by atoms with Crippen molar-refractivity contribution in [3.05, 3.63) is 87.6 Å². The predicted octanol–water partition coefficient (Wildman–Crippen LogP) is 3.07. The Hall–Kier alpha value is -3.83. The number of aryl methyl sites for hydroxylation is 2. The van der Waals surface area contributed by atoms with E-state index < -0.39 is 22.0 Å². The molecule has 0 radical (unpaired) electrons. The van der Waals surface area contributed by atoms with Crippen molar-refractivity contribution >= 4 is 27.0 Å². The lowest BCUT2D eigenvalue weighted by Crippen LogP contribution is -2.40. The number of carbonyl (C=O) groups excluding carboxylic acids is 1. The number of rotatable bonds is 10. The number of carbonyl (C=O) groups is 1. The van der Waals surface area contributed by atoms with E-state index in [1.807, 2.05) is 30.3 Å². The summed E-state index contributed by atoms with van der Waals surface area (Å²) >= 11 is 0. The predicted molar refractivity (Wildman–Crippen MR) is 138 cm³/mol. The van der Waals surface area contributed by atoms with Crippen molar-refractivity contribution in [2.45, 2.75) is 51.1 Å². The van der Waals surface area contributed by atoms with Crippen LogP contribution in [0.15, 0.2) is 68.8 Å². The Morgan fingerprint density at radius 1 is 1.14 bits per heavy atom. The Bertz CT molecular complexity index is 1590. The molecule has 2 aromatic heterocycles. The first-order valence-corrected chi connectivity index (χ1v) is 13.3. The van der Waals surface area contributed by atoms with Gasteiger partial charge in [0, 0.05) is 13.0 Å². The van der Waals surface area contributed by atoms with Gasteiger partial charge in [0.25, 0.3) is 11.3 Å². The third-order valence-electron chi connectivity index (χ3n) is 6.19. The van der Waals surface area contributed by atoms with E-state index in [2.05, 4.69) is 10.1 Å². The van der Waals surface area contributed by atoms with Gasteiger partial charge in [-0.2, -0.15) is 9.29 Å². The molecule has 11 heteroatoms. The van der Waals surface area contributed by atoms with Gasteiger partial charge in [0.15, 0.2) is 0 Å². The summed E-state index contributed by atoms with van der Waals surface area (Å²) in [4.78, 5) is 30.1. The van der Waals surface area contributed by atoms with Gasteiger partial charge in [-0.25, -0.2) is 8.42 Å². The van der Waals surface area contributed by atoms with Crippen LogP contribution < -0.4 is 11.3 Å². The number of aromatic nitrogens is 3. The van der Waals surface area contributed by atoms with E-state index in [0.29, 0.717) is 5.69 Å². The van der Waals surface area contributed by atoms with Gasteiger partial charge in [0.05, 0.1) is 23.2 Å². The maximum absolute atomic E-state index is 13.9. The van der Waals surface area contributed by atoms with E-state index in [-0.39, 0.29) is 53.3 Å². The van der Waals surface area contributed by atoms with Crippen molar-refractivity contribution in [1.82, 2.24) is 19.0 Å². The summed E-state index contributed by atoms with van der Waals surface area (Å²) in [6, 6.07) is 14.9. The van der Waals surface area contributed by atoms with Crippen LogP contribution in [-0.4, -0.2) is 39.9 Å². The molecule has 2 N–H and O–H groups in total. The highest BCUT2D eigenvalue weighted by Gasteiger charge is 2.35. The topological polar surface area (TPSA) is 141 Å².